The fourth-order valence-corrected chi connectivity index (χ4v) is 1.27. The van der Waals surface area contributed by atoms with Gasteiger partial charge in [-0.2, -0.15) is 0 Å². The Labute approximate surface area is 93.1 Å². The molecule has 3 heteroatoms. The highest BCUT2D eigenvalue weighted by atomic mass is 16.2. The van der Waals surface area contributed by atoms with Gasteiger partial charge in [0.2, 0.25) is 0 Å². The zero-order valence-electron chi connectivity index (χ0n) is 9.91. The van der Waals surface area contributed by atoms with Crippen molar-refractivity contribution in [3.8, 4) is 0 Å². The molecule has 0 aromatic carbocycles. The Kier molecular flexibility index (Phi) is 7.42. The van der Waals surface area contributed by atoms with Crippen LogP contribution in [0.2, 0.25) is 0 Å². The number of unbranched alkanes of at least 4 members (excludes halogenated alkanes) is 1. The highest BCUT2D eigenvalue weighted by molar-refractivity contribution is 5.74. The standard InChI is InChI=1S/C12H22N2O/c1-5-8-11-13(4)12(15)14(9-6-2)10-7-3/h6-7H,2-3,5,8-11H2,1,4H3. The molecule has 0 rings (SSSR count). The van der Waals surface area contributed by atoms with Crippen LogP contribution in [0.4, 0.5) is 4.79 Å². The van der Waals surface area contributed by atoms with Gasteiger partial charge in [-0.1, -0.05) is 25.5 Å². The molecule has 15 heavy (non-hydrogen) atoms. The van der Waals surface area contributed by atoms with Crippen LogP contribution in [0, 0.1) is 0 Å². The van der Waals surface area contributed by atoms with Gasteiger partial charge < -0.3 is 9.80 Å². The van der Waals surface area contributed by atoms with Crippen molar-refractivity contribution in [2.24, 2.45) is 0 Å². The average molecular weight is 210 g/mol. The second-order valence-electron chi connectivity index (χ2n) is 3.54. The predicted molar refractivity (Wildman–Crippen MR) is 64.9 cm³/mol. The number of rotatable bonds is 7. The van der Waals surface area contributed by atoms with Crippen LogP contribution in [-0.2, 0) is 0 Å². The lowest BCUT2D eigenvalue weighted by molar-refractivity contribution is 0.172. The Morgan fingerprint density at radius 1 is 1.27 bits per heavy atom. The van der Waals surface area contributed by atoms with Gasteiger partial charge in [-0.15, -0.1) is 13.2 Å². The minimum Gasteiger partial charge on any atom is -0.328 e. The first-order chi connectivity index (χ1) is 7.17. The van der Waals surface area contributed by atoms with Crippen LogP contribution in [0.15, 0.2) is 25.3 Å². The molecule has 3 nitrogen and oxygen atoms in total. The van der Waals surface area contributed by atoms with E-state index in [0.29, 0.717) is 13.1 Å². The number of nitrogens with zero attached hydrogens (tertiary/aromatic N) is 2. The van der Waals surface area contributed by atoms with Gasteiger partial charge in [0, 0.05) is 26.7 Å². The Morgan fingerprint density at radius 2 is 1.80 bits per heavy atom. The molecule has 0 spiro atoms. The summed E-state index contributed by atoms with van der Waals surface area (Å²) < 4.78 is 0. The molecule has 0 aliphatic rings. The lowest BCUT2D eigenvalue weighted by atomic mass is 10.3. The molecule has 0 heterocycles. The molecule has 0 N–H and O–H groups in total. The van der Waals surface area contributed by atoms with Gasteiger partial charge in [0.05, 0.1) is 0 Å². The molecule has 2 amide bonds. The fraction of sp³-hybridized carbons (Fsp3) is 0.583. The van der Waals surface area contributed by atoms with Crippen molar-refractivity contribution in [1.29, 1.82) is 0 Å². The third-order valence-corrected chi connectivity index (χ3v) is 2.14. The molecular weight excluding hydrogens is 188 g/mol. The molecular formula is C12H22N2O. The molecule has 0 aromatic heterocycles. The summed E-state index contributed by atoms with van der Waals surface area (Å²) in [5.41, 5.74) is 0. The van der Waals surface area contributed by atoms with E-state index in [0.717, 1.165) is 19.4 Å². The monoisotopic (exact) mass is 210 g/mol. The first kappa shape index (κ1) is 13.8. The Balaban J connectivity index is 4.20. The van der Waals surface area contributed by atoms with Gasteiger partial charge in [0.1, 0.15) is 0 Å². The van der Waals surface area contributed by atoms with E-state index in [9.17, 15) is 4.79 Å². The zero-order valence-corrected chi connectivity index (χ0v) is 9.91. The molecule has 0 fully saturated rings. The van der Waals surface area contributed by atoms with Crippen LogP contribution in [0.1, 0.15) is 19.8 Å². The van der Waals surface area contributed by atoms with Crippen LogP contribution < -0.4 is 0 Å². The summed E-state index contributed by atoms with van der Waals surface area (Å²) in [7, 11) is 1.83. The number of hydrogen-bond acceptors (Lipinski definition) is 1. The van der Waals surface area contributed by atoms with Gasteiger partial charge in [0.15, 0.2) is 0 Å². The van der Waals surface area contributed by atoms with Crippen molar-refractivity contribution in [3.05, 3.63) is 25.3 Å². The van der Waals surface area contributed by atoms with Crippen molar-refractivity contribution < 1.29 is 4.79 Å². The molecule has 86 valence electrons. The lowest BCUT2D eigenvalue weighted by Gasteiger charge is -2.26. The minimum atomic E-state index is 0.0447. The predicted octanol–water partition coefficient (Wildman–Crippen LogP) is 2.51. The van der Waals surface area contributed by atoms with Crippen molar-refractivity contribution in [2.75, 3.05) is 26.7 Å². The topological polar surface area (TPSA) is 23.6 Å². The van der Waals surface area contributed by atoms with E-state index in [2.05, 4.69) is 20.1 Å². The zero-order chi connectivity index (χ0) is 11.7. The average Bonchev–Trinajstić information content (AvgIpc) is 2.24. The molecule has 0 radical (unpaired) electrons. The molecule has 0 atom stereocenters. The van der Waals surface area contributed by atoms with Crippen LogP contribution >= 0.6 is 0 Å². The lowest BCUT2D eigenvalue weighted by Crippen LogP contribution is -2.41. The van der Waals surface area contributed by atoms with E-state index in [1.165, 1.54) is 0 Å². The van der Waals surface area contributed by atoms with Crippen LogP contribution in [0.25, 0.3) is 0 Å². The molecule has 0 saturated heterocycles. The van der Waals surface area contributed by atoms with Gasteiger partial charge >= 0.3 is 6.03 Å². The summed E-state index contributed by atoms with van der Waals surface area (Å²) >= 11 is 0. The van der Waals surface area contributed by atoms with E-state index >= 15 is 0 Å². The highest BCUT2D eigenvalue weighted by Crippen LogP contribution is 2.00. The SMILES string of the molecule is C=CCN(CC=C)C(=O)N(C)CCCC. The van der Waals surface area contributed by atoms with Gasteiger partial charge in [0.25, 0.3) is 0 Å². The maximum absolute atomic E-state index is 11.9. The Morgan fingerprint density at radius 3 is 2.20 bits per heavy atom. The second kappa shape index (κ2) is 8.09. The summed E-state index contributed by atoms with van der Waals surface area (Å²) in [6.45, 7) is 11.3. The number of urea groups is 1. The molecule has 0 aliphatic carbocycles. The molecule has 0 unspecified atom stereocenters. The first-order valence-electron chi connectivity index (χ1n) is 5.39. The quantitative estimate of drug-likeness (QED) is 0.592. The van der Waals surface area contributed by atoms with E-state index in [4.69, 9.17) is 0 Å². The van der Waals surface area contributed by atoms with Crippen LogP contribution in [0.5, 0.6) is 0 Å². The smallest absolute Gasteiger partial charge is 0.320 e. The maximum Gasteiger partial charge on any atom is 0.320 e. The van der Waals surface area contributed by atoms with Gasteiger partial charge in [-0.3, -0.25) is 0 Å². The van der Waals surface area contributed by atoms with Crippen molar-refractivity contribution in [3.63, 3.8) is 0 Å². The highest BCUT2D eigenvalue weighted by Gasteiger charge is 2.14. The fourth-order valence-electron chi connectivity index (χ4n) is 1.27. The number of hydrogen-bond donors (Lipinski definition) is 0. The summed E-state index contributed by atoms with van der Waals surface area (Å²) in [6, 6.07) is 0.0447. The maximum atomic E-state index is 11.9. The van der Waals surface area contributed by atoms with Crippen molar-refractivity contribution in [2.45, 2.75) is 19.8 Å². The number of carbonyl (C=O) groups excluding carboxylic acids is 1. The van der Waals surface area contributed by atoms with Crippen molar-refractivity contribution in [1.82, 2.24) is 9.80 Å². The summed E-state index contributed by atoms with van der Waals surface area (Å²) in [6.07, 6.45) is 5.60. The number of carbonyl (C=O) groups is 1. The summed E-state index contributed by atoms with van der Waals surface area (Å²) in [4.78, 5) is 15.3. The van der Waals surface area contributed by atoms with Crippen molar-refractivity contribution >= 4 is 6.03 Å². The van der Waals surface area contributed by atoms with Crippen LogP contribution in [0.3, 0.4) is 0 Å². The van der Waals surface area contributed by atoms with E-state index < -0.39 is 0 Å². The van der Waals surface area contributed by atoms with E-state index in [1.807, 2.05) is 7.05 Å². The normalized spacial score (nSPS) is 9.47. The number of amides is 2. The van der Waals surface area contributed by atoms with Crippen LogP contribution in [-0.4, -0.2) is 42.5 Å². The summed E-state index contributed by atoms with van der Waals surface area (Å²) in [5.74, 6) is 0. The van der Waals surface area contributed by atoms with E-state index in [1.54, 1.807) is 22.0 Å². The van der Waals surface area contributed by atoms with E-state index in [-0.39, 0.29) is 6.03 Å². The van der Waals surface area contributed by atoms with Gasteiger partial charge in [-0.25, -0.2) is 4.79 Å². The third kappa shape index (κ3) is 5.25. The molecule has 0 aliphatic heterocycles. The Bertz CT molecular complexity index is 204. The Hall–Kier alpha value is -1.25. The summed E-state index contributed by atoms with van der Waals surface area (Å²) in [5, 5.41) is 0. The second-order valence-corrected chi connectivity index (χ2v) is 3.54. The molecule has 0 saturated carbocycles. The molecule has 0 aromatic rings. The minimum absolute atomic E-state index is 0.0447. The largest absolute Gasteiger partial charge is 0.328 e. The van der Waals surface area contributed by atoms with Gasteiger partial charge in [-0.05, 0) is 6.42 Å². The third-order valence-electron chi connectivity index (χ3n) is 2.14. The first-order valence-corrected chi connectivity index (χ1v) is 5.39. The molecule has 0 bridgehead atoms.